The Morgan fingerprint density at radius 2 is 2.05 bits per heavy atom. The van der Waals surface area contributed by atoms with Crippen molar-refractivity contribution in [2.24, 2.45) is 0 Å². The molecule has 0 aliphatic rings. The summed E-state index contributed by atoms with van der Waals surface area (Å²) in [5.41, 5.74) is 5.37. The molecular formula is C12H19N3O4S. The smallest absolute Gasteiger partial charge is 0.270 e. The molecule has 1 atom stereocenters. The van der Waals surface area contributed by atoms with Gasteiger partial charge in [0.25, 0.3) is 5.69 Å². The highest BCUT2D eigenvalue weighted by atomic mass is 32.2. The Labute approximate surface area is 118 Å². The maximum atomic E-state index is 12.5. The second-order valence-electron chi connectivity index (χ2n) is 4.64. The number of rotatable bonds is 6. The first kappa shape index (κ1) is 16.4. The van der Waals surface area contributed by atoms with Gasteiger partial charge < -0.3 is 5.73 Å². The van der Waals surface area contributed by atoms with E-state index in [2.05, 4.69) is 0 Å². The van der Waals surface area contributed by atoms with Crippen molar-refractivity contribution in [3.63, 3.8) is 0 Å². The summed E-state index contributed by atoms with van der Waals surface area (Å²) in [6, 6.07) is 3.22. The van der Waals surface area contributed by atoms with Crippen LogP contribution in [0.2, 0.25) is 0 Å². The highest BCUT2D eigenvalue weighted by Crippen LogP contribution is 2.27. The third-order valence-electron chi connectivity index (χ3n) is 3.19. The van der Waals surface area contributed by atoms with Crippen LogP contribution in [0.3, 0.4) is 0 Å². The Morgan fingerprint density at radius 3 is 2.55 bits per heavy atom. The zero-order chi connectivity index (χ0) is 15.5. The van der Waals surface area contributed by atoms with Gasteiger partial charge >= 0.3 is 0 Å². The van der Waals surface area contributed by atoms with E-state index in [9.17, 15) is 18.5 Å². The predicted octanol–water partition coefficient (Wildman–Crippen LogP) is 1.99. The van der Waals surface area contributed by atoms with Crippen molar-refractivity contribution in [1.29, 1.82) is 0 Å². The van der Waals surface area contributed by atoms with E-state index in [1.165, 1.54) is 23.5 Å². The predicted molar refractivity (Wildman–Crippen MR) is 76.8 cm³/mol. The molecule has 1 aromatic carbocycles. The Hall–Kier alpha value is -1.67. The summed E-state index contributed by atoms with van der Waals surface area (Å²) in [7, 11) is -2.39. The van der Waals surface area contributed by atoms with Crippen molar-refractivity contribution in [3.05, 3.63) is 28.3 Å². The van der Waals surface area contributed by atoms with Gasteiger partial charge in [-0.05, 0) is 19.4 Å². The van der Waals surface area contributed by atoms with Gasteiger partial charge in [0.2, 0.25) is 10.0 Å². The monoisotopic (exact) mass is 301 g/mol. The summed E-state index contributed by atoms with van der Waals surface area (Å²) in [4.78, 5) is 9.88. The maximum absolute atomic E-state index is 12.5. The zero-order valence-corrected chi connectivity index (χ0v) is 12.6. The molecule has 0 amide bonds. The lowest BCUT2D eigenvalue weighted by Gasteiger charge is -2.24. The molecule has 2 N–H and O–H groups in total. The molecule has 0 aliphatic heterocycles. The number of nitrogens with zero attached hydrogens (tertiary/aromatic N) is 2. The molecule has 7 nitrogen and oxygen atoms in total. The number of non-ortho nitro benzene ring substituents is 1. The number of nitrogen functional groups attached to an aromatic ring is 1. The number of hydrogen-bond donors (Lipinski definition) is 1. The fourth-order valence-corrected chi connectivity index (χ4v) is 3.38. The number of nitro benzene ring substituents is 1. The molecule has 1 unspecified atom stereocenters. The van der Waals surface area contributed by atoms with Gasteiger partial charge in [0.05, 0.1) is 10.6 Å². The molecule has 0 saturated heterocycles. The Balaban J connectivity index is 3.27. The van der Waals surface area contributed by atoms with Crippen molar-refractivity contribution in [2.45, 2.75) is 37.6 Å². The minimum absolute atomic E-state index is 0.00569. The van der Waals surface area contributed by atoms with Crippen LogP contribution in [0.15, 0.2) is 23.1 Å². The van der Waals surface area contributed by atoms with E-state index in [1.807, 2.05) is 6.92 Å². The van der Waals surface area contributed by atoms with E-state index < -0.39 is 14.9 Å². The SMILES string of the molecule is CCCC(C)N(C)S(=O)(=O)c1cc([N+](=O)[O-])ccc1N. The maximum Gasteiger partial charge on any atom is 0.270 e. The van der Waals surface area contributed by atoms with E-state index in [0.717, 1.165) is 12.5 Å². The van der Waals surface area contributed by atoms with Crippen molar-refractivity contribution < 1.29 is 13.3 Å². The van der Waals surface area contributed by atoms with Crippen LogP contribution < -0.4 is 5.73 Å². The van der Waals surface area contributed by atoms with Crippen LogP contribution in [0.5, 0.6) is 0 Å². The summed E-state index contributed by atoms with van der Waals surface area (Å²) in [5.74, 6) is 0. The summed E-state index contributed by atoms with van der Waals surface area (Å²) in [6.07, 6.45) is 1.54. The first-order chi connectivity index (χ1) is 9.21. The van der Waals surface area contributed by atoms with Crippen molar-refractivity contribution >= 4 is 21.4 Å². The largest absolute Gasteiger partial charge is 0.398 e. The van der Waals surface area contributed by atoms with Gasteiger partial charge in [0.1, 0.15) is 4.90 Å². The third kappa shape index (κ3) is 3.26. The summed E-state index contributed by atoms with van der Waals surface area (Å²) in [5, 5.41) is 10.8. The van der Waals surface area contributed by atoms with Gasteiger partial charge in [-0.3, -0.25) is 10.1 Å². The average Bonchev–Trinajstić information content (AvgIpc) is 2.37. The molecule has 20 heavy (non-hydrogen) atoms. The van der Waals surface area contributed by atoms with Crippen LogP contribution in [0.4, 0.5) is 11.4 Å². The molecule has 0 aliphatic carbocycles. The zero-order valence-electron chi connectivity index (χ0n) is 11.7. The quantitative estimate of drug-likeness (QED) is 0.491. The van der Waals surface area contributed by atoms with Crippen molar-refractivity contribution in [3.8, 4) is 0 Å². The lowest BCUT2D eigenvalue weighted by molar-refractivity contribution is -0.385. The minimum atomic E-state index is -3.84. The van der Waals surface area contributed by atoms with Gasteiger partial charge in [0, 0.05) is 25.2 Å². The topological polar surface area (TPSA) is 107 Å². The van der Waals surface area contributed by atoms with Crippen molar-refractivity contribution in [1.82, 2.24) is 4.31 Å². The summed E-state index contributed by atoms with van der Waals surface area (Å²) < 4.78 is 26.1. The molecule has 8 heteroatoms. The van der Waals surface area contributed by atoms with Gasteiger partial charge in [-0.15, -0.1) is 0 Å². The number of benzene rings is 1. The van der Waals surface area contributed by atoms with E-state index in [-0.39, 0.29) is 22.3 Å². The summed E-state index contributed by atoms with van der Waals surface area (Å²) >= 11 is 0. The number of anilines is 1. The normalized spacial score (nSPS) is 13.4. The molecule has 0 spiro atoms. The molecule has 112 valence electrons. The lowest BCUT2D eigenvalue weighted by atomic mass is 10.2. The standard InChI is InChI=1S/C12H19N3O4S/c1-4-5-9(2)14(3)20(18,19)12-8-10(15(16)17)6-7-11(12)13/h6-9H,4-5,13H2,1-3H3. The number of hydrogen-bond acceptors (Lipinski definition) is 5. The third-order valence-corrected chi connectivity index (χ3v) is 5.22. The van der Waals surface area contributed by atoms with Crippen molar-refractivity contribution in [2.75, 3.05) is 12.8 Å². The second-order valence-corrected chi connectivity index (χ2v) is 6.60. The molecule has 1 rings (SSSR count). The first-order valence-corrected chi connectivity index (χ1v) is 7.67. The second kappa shape index (κ2) is 6.19. The van der Waals surface area contributed by atoms with Crippen LogP contribution in [0, 0.1) is 10.1 Å². The molecule has 0 radical (unpaired) electrons. The average molecular weight is 301 g/mol. The molecule has 1 aromatic rings. The van der Waals surface area contributed by atoms with Gasteiger partial charge in [-0.25, -0.2) is 8.42 Å². The molecule has 0 bridgehead atoms. The van der Waals surface area contributed by atoms with E-state index in [0.29, 0.717) is 6.42 Å². The molecule has 0 saturated carbocycles. The lowest BCUT2D eigenvalue weighted by Crippen LogP contribution is -2.35. The fourth-order valence-electron chi connectivity index (χ4n) is 1.85. The van der Waals surface area contributed by atoms with E-state index in [1.54, 1.807) is 6.92 Å². The molecule has 0 fully saturated rings. The fraction of sp³-hybridized carbons (Fsp3) is 0.500. The van der Waals surface area contributed by atoms with Crippen LogP contribution in [-0.4, -0.2) is 30.7 Å². The van der Waals surface area contributed by atoms with Crippen LogP contribution in [0.25, 0.3) is 0 Å². The Morgan fingerprint density at radius 1 is 1.45 bits per heavy atom. The van der Waals surface area contributed by atoms with Gasteiger partial charge in [0.15, 0.2) is 0 Å². The van der Waals surface area contributed by atoms with Crippen LogP contribution in [-0.2, 0) is 10.0 Å². The number of nitro groups is 1. The highest BCUT2D eigenvalue weighted by Gasteiger charge is 2.28. The Bertz CT molecular complexity index is 601. The number of sulfonamides is 1. The van der Waals surface area contributed by atoms with Crippen LogP contribution in [0.1, 0.15) is 26.7 Å². The highest BCUT2D eigenvalue weighted by molar-refractivity contribution is 7.89. The minimum Gasteiger partial charge on any atom is -0.398 e. The molecule has 0 heterocycles. The Kier molecular flexibility index (Phi) is 5.07. The molecule has 0 aromatic heterocycles. The summed E-state index contributed by atoms with van der Waals surface area (Å²) in [6.45, 7) is 3.74. The first-order valence-electron chi connectivity index (χ1n) is 6.23. The van der Waals surface area contributed by atoms with Gasteiger partial charge in [-0.1, -0.05) is 13.3 Å². The van der Waals surface area contributed by atoms with E-state index >= 15 is 0 Å². The van der Waals surface area contributed by atoms with Gasteiger partial charge in [-0.2, -0.15) is 4.31 Å². The number of nitrogens with two attached hydrogens (primary N) is 1. The van der Waals surface area contributed by atoms with Crippen LogP contribution >= 0.6 is 0 Å². The van der Waals surface area contributed by atoms with E-state index in [4.69, 9.17) is 5.73 Å². The molecular weight excluding hydrogens is 282 g/mol.